The molecule has 1 aliphatic heterocycles. The van der Waals surface area contributed by atoms with Gasteiger partial charge in [-0.1, -0.05) is 93.9 Å². The lowest BCUT2D eigenvalue weighted by atomic mass is 10.00. The fourth-order valence-corrected chi connectivity index (χ4v) is 10.6. The third-order valence-electron chi connectivity index (χ3n) is 12.6. The molecule has 8 atom stereocenters. The molecule has 5 rings (SSSR count). The molecule has 26 heteroatoms. The number of aliphatic hydroxyl groups is 1. The van der Waals surface area contributed by atoms with Crippen LogP contribution in [-0.2, 0) is 70.6 Å². The number of hydrogen-bond acceptors (Lipinski definition) is 15. The minimum atomic E-state index is -1.74. The number of halogens is 1. The molecule has 0 saturated carbocycles. The highest BCUT2D eigenvalue weighted by Gasteiger charge is 2.36. The first-order chi connectivity index (χ1) is 38.2. The molecule has 0 bridgehead atoms. The van der Waals surface area contributed by atoms with E-state index in [0.29, 0.717) is 40.1 Å². The maximum atomic E-state index is 14.8. The average molecular weight is 1160 g/mol. The van der Waals surface area contributed by atoms with Gasteiger partial charge in [-0.3, -0.25) is 38.4 Å². The standard InChI is InChI=1S/C54H68ClN11O12S2/c1-30(67)46-53(77)65-44(52(76)62-40(47(57)71)24-33-11-18-37(68)19-12-33)29-80-79-28-43(60-45(70)22-15-31-9-16-36(55)17-10-31)51(75)64-42(26-34-13-20-38(69)21-14-34)50(74)63-41(25-32-5-7-35(8-6-32)27-59-54(58)78)49(73)61-39(48(72)66-46)4-2-3-23-56/h5-14,16-21,30,39-44,46,67-69H,2-4,15,22-29,56H2,1H3,(H2,57,71)(H,60,70)(H,61,73)(H,62,76)(H,63,74)(H,64,75)(H,65,77)(H,66,72)(H3,58,59,78)/t30?,39-,40+,41+,42-,43+,44-,46?/m0/s1. The summed E-state index contributed by atoms with van der Waals surface area (Å²) in [5.41, 5.74) is 19.7. The van der Waals surface area contributed by atoms with Crippen molar-refractivity contribution >= 4 is 86.5 Å². The zero-order valence-corrected chi connectivity index (χ0v) is 46.2. The summed E-state index contributed by atoms with van der Waals surface area (Å²) in [6, 6.07) is 14.1. The molecular weight excluding hydrogens is 1090 g/mol. The van der Waals surface area contributed by atoms with Crippen molar-refractivity contribution in [2.24, 2.45) is 17.2 Å². The van der Waals surface area contributed by atoms with Gasteiger partial charge in [0, 0.05) is 48.8 Å². The van der Waals surface area contributed by atoms with Crippen molar-refractivity contribution in [3.8, 4) is 11.5 Å². The molecule has 430 valence electrons. The van der Waals surface area contributed by atoms with Gasteiger partial charge in [-0.15, -0.1) is 0 Å². The fourth-order valence-electron chi connectivity index (χ4n) is 8.14. The van der Waals surface area contributed by atoms with Crippen LogP contribution in [0.4, 0.5) is 4.79 Å². The third kappa shape index (κ3) is 21.2. The van der Waals surface area contributed by atoms with Crippen LogP contribution in [-0.4, -0.2) is 135 Å². The van der Waals surface area contributed by atoms with E-state index in [2.05, 4.69) is 42.5 Å². The number of amides is 10. The van der Waals surface area contributed by atoms with Gasteiger partial charge >= 0.3 is 6.03 Å². The minimum Gasteiger partial charge on any atom is -0.508 e. The van der Waals surface area contributed by atoms with Crippen molar-refractivity contribution in [2.75, 3.05) is 18.1 Å². The van der Waals surface area contributed by atoms with Gasteiger partial charge in [-0.25, -0.2) is 4.79 Å². The molecule has 2 unspecified atom stereocenters. The number of unbranched alkanes of at least 4 members (excludes halogenated alkanes) is 1. The summed E-state index contributed by atoms with van der Waals surface area (Å²) in [4.78, 5) is 125. The van der Waals surface area contributed by atoms with Gasteiger partial charge in [0.1, 0.15) is 53.8 Å². The molecule has 17 N–H and O–H groups in total. The molecule has 10 amide bonds. The molecular formula is C54H68ClN11O12S2. The van der Waals surface area contributed by atoms with Gasteiger partial charge in [0.25, 0.3) is 0 Å². The van der Waals surface area contributed by atoms with Crippen molar-refractivity contribution in [1.82, 2.24) is 42.5 Å². The van der Waals surface area contributed by atoms with E-state index in [0.717, 1.165) is 27.2 Å². The molecule has 80 heavy (non-hydrogen) atoms. The van der Waals surface area contributed by atoms with E-state index in [4.69, 9.17) is 28.8 Å². The van der Waals surface area contributed by atoms with E-state index in [1.807, 2.05) is 0 Å². The Hall–Kier alpha value is -7.58. The number of urea groups is 1. The number of primary amides is 2. The quantitative estimate of drug-likeness (QED) is 0.0420. The average Bonchev–Trinajstić information content (AvgIpc) is 3.42. The van der Waals surface area contributed by atoms with E-state index in [9.17, 15) is 58.5 Å². The smallest absolute Gasteiger partial charge is 0.312 e. The summed E-state index contributed by atoms with van der Waals surface area (Å²) in [5.74, 6) is -7.51. The van der Waals surface area contributed by atoms with Gasteiger partial charge < -0.3 is 75.1 Å². The highest BCUT2D eigenvalue weighted by molar-refractivity contribution is 8.76. The number of benzene rings is 4. The highest BCUT2D eigenvalue weighted by Crippen LogP contribution is 2.24. The van der Waals surface area contributed by atoms with Gasteiger partial charge in [-0.2, -0.15) is 0 Å². The van der Waals surface area contributed by atoms with Crippen molar-refractivity contribution in [3.63, 3.8) is 0 Å². The topological polar surface area (TPSA) is 389 Å². The number of nitrogens with one attached hydrogen (secondary N) is 8. The molecule has 0 spiro atoms. The van der Waals surface area contributed by atoms with Gasteiger partial charge in [0.15, 0.2) is 0 Å². The lowest BCUT2D eigenvalue weighted by Crippen LogP contribution is -2.62. The number of aliphatic hydroxyl groups excluding tert-OH is 1. The number of aryl methyl sites for hydroxylation is 1. The first-order valence-electron chi connectivity index (χ1n) is 25.6. The van der Waals surface area contributed by atoms with Crippen LogP contribution in [0.5, 0.6) is 11.5 Å². The maximum Gasteiger partial charge on any atom is 0.312 e. The van der Waals surface area contributed by atoms with E-state index < -0.39 is 102 Å². The summed E-state index contributed by atoms with van der Waals surface area (Å²) in [5, 5.41) is 52.5. The van der Waals surface area contributed by atoms with Crippen LogP contribution in [0.1, 0.15) is 60.4 Å². The van der Waals surface area contributed by atoms with E-state index in [-0.39, 0.29) is 74.6 Å². The molecule has 1 heterocycles. The zero-order chi connectivity index (χ0) is 58.3. The summed E-state index contributed by atoms with van der Waals surface area (Å²) in [6.45, 7) is 1.53. The number of phenolic OH excluding ortho intramolecular Hbond substituents is 2. The van der Waals surface area contributed by atoms with Gasteiger partial charge in [0.2, 0.25) is 47.3 Å². The number of hydrogen-bond donors (Lipinski definition) is 14. The summed E-state index contributed by atoms with van der Waals surface area (Å²) in [7, 11) is 1.98. The Kier molecular flexibility index (Phi) is 25.2. The van der Waals surface area contributed by atoms with E-state index >= 15 is 0 Å². The fraction of sp³-hybridized carbons (Fsp3) is 0.389. The van der Waals surface area contributed by atoms with Crippen molar-refractivity contribution in [3.05, 3.63) is 130 Å². The monoisotopic (exact) mass is 1160 g/mol. The number of carbonyl (C=O) groups is 9. The van der Waals surface area contributed by atoms with Crippen molar-refractivity contribution < 1.29 is 58.5 Å². The molecule has 23 nitrogen and oxygen atoms in total. The third-order valence-corrected chi connectivity index (χ3v) is 15.3. The van der Waals surface area contributed by atoms with Gasteiger partial charge in [0.05, 0.1) is 6.10 Å². The Labute approximate surface area is 475 Å². The number of rotatable bonds is 20. The van der Waals surface area contributed by atoms with Crippen LogP contribution in [0.15, 0.2) is 97.1 Å². The molecule has 1 aliphatic rings. The van der Waals surface area contributed by atoms with Crippen LogP contribution in [0.3, 0.4) is 0 Å². The molecule has 1 fully saturated rings. The van der Waals surface area contributed by atoms with Crippen LogP contribution >= 0.6 is 33.2 Å². The first kappa shape index (κ1) is 63.3. The Balaban J connectivity index is 1.56. The summed E-state index contributed by atoms with van der Waals surface area (Å²) < 4.78 is 0. The lowest BCUT2D eigenvalue weighted by molar-refractivity contribution is -0.136. The van der Waals surface area contributed by atoms with Crippen LogP contribution in [0, 0.1) is 0 Å². The van der Waals surface area contributed by atoms with Gasteiger partial charge in [-0.05, 0) is 103 Å². The molecule has 1 saturated heterocycles. The Morgan fingerprint density at radius 3 is 1.73 bits per heavy atom. The van der Waals surface area contributed by atoms with Crippen LogP contribution in [0.2, 0.25) is 5.02 Å². The van der Waals surface area contributed by atoms with E-state index in [1.54, 1.807) is 48.5 Å². The highest BCUT2D eigenvalue weighted by atomic mass is 35.5. The first-order valence-corrected chi connectivity index (χ1v) is 28.5. The van der Waals surface area contributed by atoms with Crippen LogP contribution < -0.4 is 59.7 Å². The Morgan fingerprint density at radius 2 is 1.16 bits per heavy atom. The lowest BCUT2D eigenvalue weighted by Gasteiger charge is -2.29. The molecule has 0 aliphatic carbocycles. The van der Waals surface area contributed by atoms with Crippen molar-refractivity contribution in [1.29, 1.82) is 0 Å². The second kappa shape index (κ2) is 31.9. The zero-order valence-electron chi connectivity index (χ0n) is 43.8. The molecule has 0 radical (unpaired) electrons. The van der Waals surface area contributed by atoms with Crippen molar-refractivity contribution in [2.45, 2.75) is 113 Å². The minimum absolute atomic E-state index is 0.0358. The molecule has 0 aromatic heterocycles. The number of nitrogens with two attached hydrogens (primary N) is 3. The second-order valence-corrected chi connectivity index (χ2v) is 22.0. The Morgan fingerprint density at radius 1 is 0.650 bits per heavy atom. The normalized spacial score (nSPS) is 20.5. The SMILES string of the molecule is CC(O)C1NC(=O)[C@H](CCCCN)NC(=O)[C@@H](Cc2ccc(CNC(N)=O)cc2)NC(=O)[C@H](Cc2ccc(O)cc2)NC(=O)[C@H](NC(=O)CCc2ccc(Cl)cc2)CSSC[C@@H](C(=O)N[C@H](Cc2ccc(O)cc2)C(N)=O)NC1=O. The molecule has 4 aromatic carbocycles. The number of phenols is 2. The predicted molar refractivity (Wildman–Crippen MR) is 302 cm³/mol. The van der Waals surface area contributed by atoms with E-state index in [1.165, 1.54) is 55.5 Å². The Bertz CT molecular complexity index is 2760. The number of carbonyl (C=O) groups excluding carboxylic acids is 9. The summed E-state index contributed by atoms with van der Waals surface area (Å²) >= 11 is 6.07. The molecule has 4 aromatic rings. The largest absolute Gasteiger partial charge is 0.508 e. The number of aromatic hydroxyl groups is 2. The second-order valence-electron chi connectivity index (χ2n) is 19.0. The summed E-state index contributed by atoms with van der Waals surface area (Å²) in [6.07, 6.45) is -1.24. The maximum absolute atomic E-state index is 14.8. The van der Waals surface area contributed by atoms with Crippen LogP contribution in [0.25, 0.3) is 0 Å². The predicted octanol–water partition coefficient (Wildman–Crippen LogP) is 0.364.